The minimum Gasteiger partial charge on any atom is -0.398 e. The molecule has 5 nitrogen and oxygen atoms in total. The predicted molar refractivity (Wildman–Crippen MR) is 74.8 cm³/mol. The Bertz CT molecular complexity index is 597. The highest BCUT2D eigenvalue weighted by Gasteiger charge is 2.40. The van der Waals surface area contributed by atoms with Crippen LogP contribution in [0.25, 0.3) is 11.4 Å². The van der Waals surface area contributed by atoms with Crippen molar-refractivity contribution in [3.8, 4) is 11.4 Å². The van der Waals surface area contributed by atoms with E-state index < -0.39 is 0 Å². The lowest BCUT2D eigenvalue weighted by molar-refractivity contribution is 0.118. The van der Waals surface area contributed by atoms with E-state index in [1.165, 1.54) is 6.42 Å². The Kier molecular flexibility index (Phi) is 2.93. The molecule has 0 amide bonds. The third kappa shape index (κ3) is 1.80. The number of nitrogens with two attached hydrogens (primary N) is 1. The number of hydrogen-bond donors (Lipinski definition) is 1. The van der Waals surface area contributed by atoms with E-state index in [1.54, 1.807) is 6.07 Å². The SMILES string of the molecule is CCC1(n2nnnc2-c2cccc(N)c2Cl)CCC1. The van der Waals surface area contributed by atoms with Gasteiger partial charge in [0.05, 0.1) is 16.2 Å². The number of hydrogen-bond acceptors (Lipinski definition) is 4. The van der Waals surface area contributed by atoms with Gasteiger partial charge in [-0.2, -0.15) is 0 Å². The zero-order valence-corrected chi connectivity index (χ0v) is 11.6. The van der Waals surface area contributed by atoms with Crippen molar-refractivity contribution in [1.29, 1.82) is 0 Å². The molecule has 1 heterocycles. The van der Waals surface area contributed by atoms with Crippen LogP contribution in [0.3, 0.4) is 0 Å². The molecule has 2 N–H and O–H groups in total. The van der Waals surface area contributed by atoms with Crippen molar-refractivity contribution in [2.75, 3.05) is 5.73 Å². The van der Waals surface area contributed by atoms with Crippen molar-refractivity contribution in [2.45, 2.75) is 38.1 Å². The van der Waals surface area contributed by atoms with Crippen LogP contribution in [-0.2, 0) is 5.54 Å². The summed E-state index contributed by atoms with van der Waals surface area (Å²) in [5.41, 5.74) is 7.25. The van der Waals surface area contributed by atoms with Crippen LogP contribution in [0.15, 0.2) is 18.2 Å². The van der Waals surface area contributed by atoms with Crippen LogP contribution in [0.1, 0.15) is 32.6 Å². The maximum absolute atomic E-state index is 6.28. The summed E-state index contributed by atoms with van der Waals surface area (Å²) >= 11 is 6.28. The van der Waals surface area contributed by atoms with E-state index in [-0.39, 0.29) is 5.54 Å². The number of nitrogen functional groups attached to an aromatic ring is 1. The van der Waals surface area contributed by atoms with Crippen molar-refractivity contribution in [3.05, 3.63) is 23.2 Å². The van der Waals surface area contributed by atoms with Gasteiger partial charge in [-0.3, -0.25) is 0 Å². The highest BCUT2D eigenvalue weighted by Crippen LogP contribution is 2.44. The van der Waals surface area contributed by atoms with Crippen molar-refractivity contribution in [3.63, 3.8) is 0 Å². The standard InChI is InChI=1S/C13H16ClN5/c1-2-13(7-4-8-13)19-12(16-17-18-19)9-5-3-6-10(15)11(9)14/h3,5-6H,2,4,7-8,15H2,1H3. The molecule has 3 rings (SSSR count). The molecule has 0 spiro atoms. The van der Waals surface area contributed by atoms with Gasteiger partial charge in [-0.1, -0.05) is 24.6 Å². The molecular weight excluding hydrogens is 262 g/mol. The summed E-state index contributed by atoms with van der Waals surface area (Å²) in [5, 5.41) is 12.7. The molecular formula is C13H16ClN5. The van der Waals surface area contributed by atoms with Crippen LogP contribution in [0.2, 0.25) is 5.02 Å². The second-order valence-electron chi connectivity index (χ2n) is 5.05. The van der Waals surface area contributed by atoms with Gasteiger partial charge in [-0.05, 0) is 48.2 Å². The number of aromatic nitrogens is 4. The van der Waals surface area contributed by atoms with Gasteiger partial charge in [0.25, 0.3) is 0 Å². The van der Waals surface area contributed by atoms with E-state index in [1.807, 2.05) is 16.8 Å². The first-order valence-electron chi connectivity index (χ1n) is 6.51. The molecule has 0 radical (unpaired) electrons. The first kappa shape index (κ1) is 12.4. The van der Waals surface area contributed by atoms with E-state index in [0.29, 0.717) is 16.5 Å². The van der Waals surface area contributed by atoms with Gasteiger partial charge in [0.2, 0.25) is 0 Å². The van der Waals surface area contributed by atoms with Crippen LogP contribution < -0.4 is 5.73 Å². The molecule has 0 atom stereocenters. The average molecular weight is 278 g/mol. The second-order valence-corrected chi connectivity index (χ2v) is 5.43. The molecule has 1 aromatic carbocycles. The fourth-order valence-electron chi connectivity index (χ4n) is 2.70. The van der Waals surface area contributed by atoms with Crippen LogP contribution in [0.5, 0.6) is 0 Å². The number of tetrazole rings is 1. The van der Waals surface area contributed by atoms with E-state index in [2.05, 4.69) is 22.4 Å². The molecule has 6 heteroatoms. The zero-order chi connectivity index (χ0) is 13.5. The van der Waals surface area contributed by atoms with Gasteiger partial charge in [0.1, 0.15) is 0 Å². The Morgan fingerprint density at radius 3 is 2.84 bits per heavy atom. The second kappa shape index (κ2) is 4.49. The maximum Gasteiger partial charge on any atom is 0.184 e. The lowest BCUT2D eigenvalue weighted by atomic mass is 9.75. The van der Waals surface area contributed by atoms with Gasteiger partial charge in [0, 0.05) is 5.56 Å². The van der Waals surface area contributed by atoms with Crippen molar-refractivity contribution < 1.29 is 0 Å². The van der Waals surface area contributed by atoms with Crippen molar-refractivity contribution in [1.82, 2.24) is 20.2 Å². The fourth-order valence-corrected chi connectivity index (χ4v) is 2.91. The van der Waals surface area contributed by atoms with Crippen LogP contribution in [0.4, 0.5) is 5.69 Å². The molecule has 0 unspecified atom stereocenters. The minimum absolute atomic E-state index is 0.0484. The Labute approximate surface area is 116 Å². The smallest absolute Gasteiger partial charge is 0.184 e. The summed E-state index contributed by atoms with van der Waals surface area (Å²) < 4.78 is 1.93. The van der Waals surface area contributed by atoms with Crippen LogP contribution >= 0.6 is 11.6 Å². The van der Waals surface area contributed by atoms with E-state index in [4.69, 9.17) is 17.3 Å². The maximum atomic E-state index is 6.28. The number of benzene rings is 1. The Morgan fingerprint density at radius 1 is 1.42 bits per heavy atom. The number of halogens is 1. The average Bonchev–Trinajstić information content (AvgIpc) is 2.82. The molecule has 1 fully saturated rings. The number of rotatable bonds is 3. The Hall–Kier alpha value is -1.62. The molecule has 100 valence electrons. The highest BCUT2D eigenvalue weighted by molar-refractivity contribution is 6.35. The topological polar surface area (TPSA) is 69.6 Å². The van der Waals surface area contributed by atoms with E-state index in [9.17, 15) is 0 Å². The molecule has 1 aliphatic rings. The van der Waals surface area contributed by atoms with Crippen molar-refractivity contribution in [2.24, 2.45) is 0 Å². The Morgan fingerprint density at radius 2 is 2.21 bits per heavy atom. The zero-order valence-electron chi connectivity index (χ0n) is 10.8. The Balaban J connectivity index is 2.12. The fraction of sp³-hybridized carbons (Fsp3) is 0.462. The normalized spacial score (nSPS) is 17.2. The minimum atomic E-state index is 0.0484. The first-order chi connectivity index (χ1) is 9.18. The first-order valence-corrected chi connectivity index (χ1v) is 6.89. The molecule has 1 saturated carbocycles. The van der Waals surface area contributed by atoms with Crippen molar-refractivity contribution >= 4 is 17.3 Å². The van der Waals surface area contributed by atoms with Gasteiger partial charge in [0.15, 0.2) is 5.82 Å². The third-order valence-electron chi connectivity index (χ3n) is 4.13. The highest BCUT2D eigenvalue weighted by atomic mass is 35.5. The van der Waals surface area contributed by atoms with Gasteiger partial charge in [-0.15, -0.1) is 5.10 Å². The molecule has 0 saturated heterocycles. The summed E-state index contributed by atoms with van der Waals surface area (Å²) in [6.07, 6.45) is 4.46. The van der Waals surface area contributed by atoms with Gasteiger partial charge < -0.3 is 5.73 Å². The lowest BCUT2D eigenvalue weighted by Crippen LogP contribution is -2.41. The summed E-state index contributed by atoms with van der Waals surface area (Å²) in [5.74, 6) is 0.707. The predicted octanol–water partition coefficient (Wildman–Crippen LogP) is 2.86. The van der Waals surface area contributed by atoms with Gasteiger partial charge >= 0.3 is 0 Å². The molecule has 2 aromatic rings. The molecule has 0 aliphatic heterocycles. The monoisotopic (exact) mass is 277 g/mol. The quantitative estimate of drug-likeness (QED) is 0.876. The largest absolute Gasteiger partial charge is 0.398 e. The summed E-state index contributed by atoms with van der Waals surface area (Å²) in [6.45, 7) is 2.17. The third-order valence-corrected chi connectivity index (χ3v) is 4.55. The summed E-state index contributed by atoms with van der Waals surface area (Å²) in [6, 6.07) is 5.55. The molecule has 0 bridgehead atoms. The van der Waals surface area contributed by atoms with E-state index in [0.717, 1.165) is 24.8 Å². The molecule has 19 heavy (non-hydrogen) atoms. The summed E-state index contributed by atoms with van der Waals surface area (Å²) in [4.78, 5) is 0. The number of anilines is 1. The van der Waals surface area contributed by atoms with Crippen LogP contribution in [0, 0.1) is 0 Å². The molecule has 1 aliphatic carbocycles. The number of nitrogens with zero attached hydrogens (tertiary/aromatic N) is 4. The molecule has 1 aromatic heterocycles. The van der Waals surface area contributed by atoms with E-state index >= 15 is 0 Å². The van der Waals surface area contributed by atoms with Crippen LogP contribution in [-0.4, -0.2) is 20.2 Å². The van der Waals surface area contributed by atoms with Gasteiger partial charge in [-0.25, -0.2) is 4.68 Å². The lowest BCUT2D eigenvalue weighted by Gasteiger charge is -2.41. The summed E-state index contributed by atoms with van der Waals surface area (Å²) in [7, 11) is 0.